The van der Waals surface area contributed by atoms with Gasteiger partial charge in [-0.2, -0.15) is 13.2 Å². The summed E-state index contributed by atoms with van der Waals surface area (Å²) in [5, 5.41) is 0. The van der Waals surface area contributed by atoms with Gasteiger partial charge in [0.25, 0.3) is 0 Å². The fourth-order valence-electron chi connectivity index (χ4n) is 1.28. The highest BCUT2D eigenvalue weighted by Crippen LogP contribution is 2.31. The number of nitrogens with one attached hydrogen (secondary N) is 1. The molecule has 2 nitrogen and oxygen atoms in total. The number of alkyl halides is 3. The summed E-state index contributed by atoms with van der Waals surface area (Å²) in [5.74, 6) is -0.451. The molecule has 0 fully saturated rings. The normalized spacial score (nSPS) is 11.8. The Morgan fingerprint density at radius 2 is 1.94 bits per heavy atom. The molecule has 0 saturated carbocycles. The molecule has 17 heavy (non-hydrogen) atoms. The molecule has 0 unspecified atom stereocenters. The first kappa shape index (κ1) is 12.1. The SMILES string of the molecule is Fc1ccc(-c2ncc(C(F)(F)F)[nH]2)c(Br)c1. The molecule has 1 aromatic heterocycles. The fraction of sp³-hybridized carbons (Fsp3) is 0.100. The Kier molecular flexibility index (Phi) is 2.94. The first-order chi connectivity index (χ1) is 7.88. The van der Waals surface area contributed by atoms with Gasteiger partial charge in [-0.25, -0.2) is 9.37 Å². The van der Waals surface area contributed by atoms with Crippen LogP contribution in [0.4, 0.5) is 17.6 Å². The molecule has 0 spiro atoms. The molecule has 2 aromatic rings. The maximum Gasteiger partial charge on any atom is 0.432 e. The van der Waals surface area contributed by atoms with Crippen LogP contribution in [-0.4, -0.2) is 9.97 Å². The van der Waals surface area contributed by atoms with E-state index < -0.39 is 17.7 Å². The zero-order valence-electron chi connectivity index (χ0n) is 8.15. The number of rotatable bonds is 1. The molecule has 2 rings (SSSR count). The second kappa shape index (κ2) is 4.14. The molecule has 0 aliphatic heterocycles. The third-order valence-electron chi connectivity index (χ3n) is 2.07. The van der Waals surface area contributed by atoms with Gasteiger partial charge >= 0.3 is 6.18 Å². The summed E-state index contributed by atoms with van der Waals surface area (Å²) in [6, 6.07) is 3.65. The van der Waals surface area contributed by atoms with E-state index in [9.17, 15) is 17.6 Å². The molecular formula is C10H5BrF4N2. The van der Waals surface area contributed by atoms with Crippen molar-refractivity contribution >= 4 is 15.9 Å². The monoisotopic (exact) mass is 308 g/mol. The molecular weight excluding hydrogens is 304 g/mol. The van der Waals surface area contributed by atoms with E-state index in [1.807, 2.05) is 0 Å². The predicted octanol–water partition coefficient (Wildman–Crippen LogP) is 4.00. The van der Waals surface area contributed by atoms with Crippen molar-refractivity contribution in [2.24, 2.45) is 0 Å². The highest BCUT2D eigenvalue weighted by molar-refractivity contribution is 9.10. The van der Waals surface area contributed by atoms with Gasteiger partial charge < -0.3 is 4.98 Å². The molecule has 0 atom stereocenters. The highest BCUT2D eigenvalue weighted by atomic mass is 79.9. The van der Waals surface area contributed by atoms with Gasteiger partial charge in [-0.1, -0.05) is 0 Å². The molecule has 0 saturated heterocycles. The van der Waals surface area contributed by atoms with Gasteiger partial charge in [0.05, 0.1) is 6.20 Å². The predicted molar refractivity (Wildman–Crippen MR) is 56.7 cm³/mol. The molecule has 1 N–H and O–H groups in total. The fourth-order valence-corrected chi connectivity index (χ4v) is 1.82. The van der Waals surface area contributed by atoms with Crippen LogP contribution in [0, 0.1) is 5.82 Å². The van der Waals surface area contributed by atoms with E-state index in [0.29, 0.717) is 16.2 Å². The van der Waals surface area contributed by atoms with E-state index in [4.69, 9.17) is 0 Å². The Hall–Kier alpha value is -1.37. The third kappa shape index (κ3) is 2.49. The molecule has 7 heteroatoms. The lowest BCUT2D eigenvalue weighted by atomic mass is 10.2. The summed E-state index contributed by atoms with van der Waals surface area (Å²) in [6.45, 7) is 0. The third-order valence-corrected chi connectivity index (χ3v) is 2.72. The summed E-state index contributed by atoms with van der Waals surface area (Å²) in [6.07, 6.45) is -3.77. The Morgan fingerprint density at radius 1 is 1.24 bits per heavy atom. The second-order valence-electron chi connectivity index (χ2n) is 3.27. The maximum atomic E-state index is 12.8. The zero-order chi connectivity index (χ0) is 12.6. The van der Waals surface area contributed by atoms with Crippen molar-refractivity contribution in [2.45, 2.75) is 6.18 Å². The molecule has 1 aromatic carbocycles. The van der Waals surface area contributed by atoms with Crippen LogP contribution in [0.5, 0.6) is 0 Å². The Bertz CT molecular complexity index is 547. The number of hydrogen-bond acceptors (Lipinski definition) is 1. The van der Waals surface area contributed by atoms with Crippen LogP contribution in [0.15, 0.2) is 28.9 Å². The van der Waals surface area contributed by atoms with Gasteiger partial charge in [0, 0.05) is 10.0 Å². The van der Waals surface area contributed by atoms with Crippen LogP contribution in [0.25, 0.3) is 11.4 Å². The first-order valence-corrected chi connectivity index (χ1v) is 5.25. The summed E-state index contributed by atoms with van der Waals surface area (Å²) >= 11 is 3.06. The average molecular weight is 309 g/mol. The number of hydrogen-bond donors (Lipinski definition) is 1. The van der Waals surface area contributed by atoms with Gasteiger partial charge in [0.1, 0.15) is 17.3 Å². The van der Waals surface area contributed by atoms with Crippen molar-refractivity contribution in [3.05, 3.63) is 40.4 Å². The van der Waals surface area contributed by atoms with Crippen molar-refractivity contribution in [1.82, 2.24) is 9.97 Å². The summed E-state index contributed by atoms with van der Waals surface area (Å²) in [4.78, 5) is 5.76. The van der Waals surface area contributed by atoms with Gasteiger partial charge in [-0.05, 0) is 34.1 Å². The summed E-state index contributed by atoms with van der Waals surface area (Å²) in [7, 11) is 0. The van der Waals surface area contributed by atoms with Crippen LogP contribution >= 0.6 is 15.9 Å². The van der Waals surface area contributed by atoms with Crippen LogP contribution in [0.3, 0.4) is 0 Å². The van der Waals surface area contributed by atoms with Crippen LogP contribution in [0.1, 0.15) is 5.69 Å². The minimum Gasteiger partial charge on any atom is -0.334 e. The quantitative estimate of drug-likeness (QED) is 0.793. The smallest absolute Gasteiger partial charge is 0.334 e. The lowest BCUT2D eigenvalue weighted by molar-refractivity contribution is -0.140. The van der Waals surface area contributed by atoms with Crippen LogP contribution in [0.2, 0.25) is 0 Å². The molecule has 0 radical (unpaired) electrons. The number of aromatic amines is 1. The van der Waals surface area contributed by atoms with E-state index in [1.54, 1.807) is 0 Å². The molecule has 0 aliphatic rings. The number of H-pyrrole nitrogens is 1. The number of aromatic nitrogens is 2. The first-order valence-electron chi connectivity index (χ1n) is 4.45. The number of nitrogens with zero attached hydrogens (tertiary/aromatic N) is 1. The van der Waals surface area contributed by atoms with Gasteiger partial charge in [-0.3, -0.25) is 0 Å². The van der Waals surface area contributed by atoms with Gasteiger partial charge in [0.15, 0.2) is 0 Å². The maximum absolute atomic E-state index is 12.8. The number of halogens is 5. The Morgan fingerprint density at radius 3 is 2.47 bits per heavy atom. The summed E-state index contributed by atoms with van der Waals surface area (Å²) in [5.41, 5.74) is -0.578. The molecule has 0 aliphatic carbocycles. The zero-order valence-corrected chi connectivity index (χ0v) is 9.73. The minimum absolute atomic E-state index is 0.0317. The molecule has 90 valence electrons. The van der Waals surface area contributed by atoms with Crippen molar-refractivity contribution in [1.29, 1.82) is 0 Å². The van der Waals surface area contributed by atoms with Crippen molar-refractivity contribution < 1.29 is 17.6 Å². The van der Waals surface area contributed by atoms with Crippen molar-refractivity contribution in [2.75, 3.05) is 0 Å². The van der Waals surface area contributed by atoms with Gasteiger partial charge in [-0.15, -0.1) is 0 Å². The largest absolute Gasteiger partial charge is 0.432 e. The highest BCUT2D eigenvalue weighted by Gasteiger charge is 2.33. The Balaban J connectivity index is 2.44. The van der Waals surface area contributed by atoms with E-state index in [1.165, 1.54) is 6.07 Å². The standard InChI is InChI=1S/C10H5BrF4N2/c11-7-3-5(12)1-2-6(7)9-16-4-8(17-9)10(13,14)15/h1-4H,(H,16,17). The van der Waals surface area contributed by atoms with Crippen molar-refractivity contribution in [3.8, 4) is 11.4 Å². The second-order valence-corrected chi connectivity index (χ2v) is 4.12. The molecule has 0 bridgehead atoms. The topological polar surface area (TPSA) is 28.7 Å². The Labute approximate surface area is 102 Å². The number of benzene rings is 1. The number of imidazole rings is 1. The summed E-state index contributed by atoms with van der Waals surface area (Å²) < 4.78 is 50.2. The minimum atomic E-state index is -4.47. The average Bonchev–Trinajstić information content (AvgIpc) is 2.65. The lowest BCUT2D eigenvalue weighted by Gasteiger charge is -2.03. The van der Waals surface area contributed by atoms with Crippen molar-refractivity contribution in [3.63, 3.8) is 0 Å². The van der Waals surface area contributed by atoms with E-state index in [2.05, 4.69) is 25.9 Å². The van der Waals surface area contributed by atoms with Gasteiger partial charge in [0.2, 0.25) is 0 Å². The van der Waals surface area contributed by atoms with Crippen LogP contribution in [-0.2, 0) is 6.18 Å². The van der Waals surface area contributed by atoms with E-state index in [-0.39, 0.29) is 5.82 Å². The lowest BCUT2D eigenvalue weighted by Crippen LogP contribution is -2.04. The molecule has 1 heterocycles. The molecule has 0 amide bonds. The van der Waals surface area contributed by atoms with E-state index in [0.717, 1.165) is 12.1 Å². The van der Waals surface area contributed by atoms with Crippen LogP contribution < -0.4 is 0 Å². The van der Waals surface area contributed by atoms with E-state index >= 15 is 0 Å².